The van der Waals surface area contributed by atoms with Crippen LogP contribution in [0, 0.1) is 6.92 Å². The molecule has 1 aromatic heterocycles. The largest absolute Gasteiger partial charge is 0.313 e. The number of thiazole rings is 1. The van der Waals surface area contributed by atoms with E-state index in [4.69, 9.17) is 0 Å². The number of aryl methyl sites for hydroxylation is 1. The Morgan fingerprint density at radius 3 is 2.53 bits per heavy atom. The summed E-state index contributed by atoms with van der Waals surface area (Å²) in [5.41, 5.74) is 2.41. The smallest absolute Gasteiger partial charge is 0.154 e. The van der Waals surface area contributed by atoms with Crippen LogP contribution in [0.15, 0.2) is 38.9 Å². The van der Waals surface area contributed by atoms with Crippen molar-refractivity contribution in [1.29, 1.82) is 0 Å². The monoisotopic (exact) mass is 264 g/mol. The zero-order valence-electron chi connectivity index (χ0n) is 10.2. The number of rotatable bonds is 4. The maximum atomic E-state index is 4.45. The molecule has 0 saturated heterocycles. The quantitative estimate of drug-likeness (QED) is 0.907. The fourth-order valence-electron chi connectivity index (χ4n) is 1.47. The van der Waals surface area contributed by atoms with Crippen molar-refractivity contribution in [3.8, 4) is 0 Å². The lowest BCUT2D eigenvalue weighted by Crippen LogP contribution is -2.11. The molecular weight excluding hydrogens is 248 g/mol. The molecule has 1 atom stereocenters. The van der Waals surface area contributed by atoms with Gasteiger partial charge in [0.25, 0.3) is 0 Å². The fourth-order valence-corrected chi connectivity index (χ4v) is 3.28. The van der Waals surface area contributed by atoms with Crippen LogP contribution in [0.3, 0.4) is 0 Å². The molecule has 1 aromatic carbocycles. The molecule has 4 heteroatoms. The zero-order chi connectivity index (χ0) is 12.3. The number of benzene rings is 1. The van der Waals surface area contributed by atoms with E-state index in [0.717, 1.165) is 10.0 Å². The number of nitrogens with one attached hydrogen (secondary N) is 1. The Morgan fingerprint density at radius 2 is 2.00 bits per heavy atom. The molecule has 0 aliphatic heterocycles. The number of aromatic nitrogens is 1. The van der Waals surface area contributed by atoms with Gasteiger partial charge in [0.1, 0.15) is 0 Å². The molecule has 17 heavy (non-hydrogen) atoms. The maximum absolute atomic E-state index is 4.45. The molecule has 1 heterocycles. The minimum Gasteiger partial charge on any atom is -0.313 e. The number of nitrogens with zero attached hydrogens (tertiary/aromatic N) is 1. The average molecular weight is 264 g/mol. The summed E-state index contributed by atoms with van der Waals surface area (Å²) in [4.78, 5) is 5.69. The van der Waals surface area contributed by atoms with E-state index < -0.39 is 0 Å². The van der Waals surface area contributed by atoms with Gasteiger partial charge in [-0.1, -0.05) is 23.9 Å². The summed E-state index contributed by atoms with van der Waals surface area (Å²) in [6.45, 7) is 4.19. The lowest BCUT2D eigenvalue weighted by atomic mass is 10.1. The van der Waals surface area contributed by atoms with Crippen LogP contribution in [0.5, 0.6) is 0 Å². The molecule has 0 bridgehead atoms. The van der Waals surface area contributed by atoms with Crippen LogP contribution >= 0.6 is 23.1 Å². The van der Waals surface area contributed by atoms with Gasteiger partial charge in [-0.05, 0) is 38.6 Å². The topological polar surface area (TPSA) is 24.9 Å². The Morgan fingerprint density at radius 1 is 1.29 bits per heavy atom. The summed E-state index contributed by atoms with van der Waals surface area (Å²) < 4.78 is 1.11. The van der Waals surface area contributed by atoms with Crippen molar-refractivity contribution in [2.75, 3.05) is 7.05 Å². The van der Waals surface area contributed by atoms with E-state index >= 15 is 0 Å². The van der Waals surface area contributed by atoms with Gasteiger partial charge < -0.3 is 5.32 Å². The fraction of sp³-hybridized carbons (Fsp3) is 0.308. The predicted molar refractivity (Wildman–Crippen MR) is 74.9 cm³/mol. The second kappa shape index (κ2) is 5.67. The lowest BCUT2D eigenvalue weighted by molar-refractivity contribution is 0.652. The third kappa shape index (κ3) is 3.31. The van der Waals surface area contributed by atoms with Gasteiger partial charge >= 0.3 is 0 Å². The predicted octanol–water partition coefficient (Wildman–Crippen LogP) is 3.88. The zero-order valence-corrected chi connectivity index (χ0v) is 11.9. The van der Waals surface area contributed by atoms with Gasteiger partial charge in [-0.25, -0.2) is 4.98 Å². The van der Waals surface area contributed by atoms with E-state index in [1.807, 2.05) is 14.0 Å². The maximum Gasteiger partial charge on any atom is 0.154 e. The first-order valence-corrected chi connectivity index (χ1v) is 7.26. The van der Waals surface area contributed by atoms with E-state index in [1.165, 1.54) is 10.5 Å². The highest BCUT2D eigenvalue weighted by atomic mass is 32.2. The summed E-state index contributed by atoms with van der Waals surface area (Å²) in [5, 5.41) is 5.32. The first kappa shape index (κ1) is 12.6. The van der Waals surface area contributed by atoms with Gasteiger partial charge in [0.15, 0.2) is 4.34 Å². The SMILES string of the molecule is CNC(C)c1ccc(Sc2nc(C)cs2)cc1. The molecule has 2 nitrogen and oxygen atoms in total. The van der Waals surface area contributed by atoms with Crippen molar-refractivity contribution in [3.05, 3.63) is 40.9 Å². The third-order valence-electron chi connectivity index (χ3n) is 2.62. The summed E-state index contributed by atoms with van der Waals surface area (Å²) in [7, 11) is 1.98. The van der Waals surface area contributed by atoms with Crippen LogP contribution in [0.25, 0.3) is 0 Å². The standard InChI is InChI=1S/C13H16N2S2/c1-9-8-16-13(15-9)17-12-6-4-11(5-7-12)10(2)14-3/h4-8,10,14H,1-3H3. The molecule has 0 saturated carbocycles. The minimum absolute atomic E-state index is 0.399. The Balaban J connectivity index is 2.08. The van der Waals surface area contributed by atoms with E-state index in [-0.39, 0.29) is 0 Å². The van der Waals surface area contributed by atoms with Crippen LogP contribution < -0.4 is 5.32 Å². The lowest BCUT2D eigenvalue weighted by Gasteiger charge is -2.10. The van der Waals surface area contributed by atoms with Crippen LogP contribution in [-0.2, 0) is 0 Å². The van der Waals surface area contributed by atoms with Crippen molar-refractivity contribution < 1.29 is 0 Å². The van der Waals surface area contributed by atoms with E-state index in [1.54, 1.807) is 23.1 Å². The second-order valence-electron chi connectivity index (χ2n) is 3.94. The molecule has 1 N–H and O–H groups in total. The van der Waals surface area contributed by atoms with Gasteiger partial charge in [-0.3, -0.25) is 0 Å². The van der Waals surface area contributed by atoms with Crippen LogP contribution in [0.4, 0.5) is 0 Å². The van der Waals surface area contributed by atoms with Crippen LogP contribution in [-0.4, -0.2) is 12.0 Å². The van der Waals surface area contributed by atoms with Crippen LogP contribution in [0.2, 0.25) is 0 Å². The summed E-state index contributed by atoms with van der Waals surface area (Å²) in [6.07, 6.45) is 0. The highest BCUT2D eigenvalue weighted by molar-refractivity contribution is 8.01. The van der Waals surface area contributed by atoms with Gasteiger partial charge in [0.05, 0.1) is 0 Å². The number of hydrogen-bond donors (Lipinski definition) is 1. The first-order chi connectivity index (χ1) is 8.19. The van der Waals surface area contributed by atoms with Gasteiger partial charge in [-0.15, -0.1) is 11.3 Å². The Kier molecular flexibility index (Phi) is 4.20. The molecule has 0 radical (unpaired) electrons. The molecule has 2 rings (SSSR count). The Bertz CT molecular complexity index is 476. The molecule has 0 amide bonds. The van der Waals surface area contributed by atoms with Gasteiger partial charge in [-0.2, -0.15) is 0 Å². The molecule has 0 spiro atoms. The summed E-state index contributed by atoms with van der Waals surface area (Å²) in [5.74, 6) is 0. The van der Waals surface area contributed by atoms with Gasteiger partial charge in [0.2, 0.25) is 0 Å². The number of hydrogen-bond acceptors (Lipinski definition) is 4. The van der Waals surface area contributed by atoms with Crippen molar-refractivity contribution in [2.24, 2.45) is 0 Å². The molecule has 90 valence electrons. The molecule has 1 unspecified atom stereocenters. The van der Waals surface area contributed by atoms with Crippen molar-refractivity contribution in [3.63, 3.8) is 0 Å². The molecule has 0 aliphatic carbocycles. The van der Waals surface area contributed by atoms with Crippen molar-refractivity contribution in [2.45, 2.75) is 29.1 Å². The Labute approximate surface area is 110 Å². The Hall–Kier alpha value is -0.840. The molecule has 0 fully saturated rings. The third-order valence-corrected chi connectivity index (χ3v) is 4.68. The summed E-state index contributed by atoms with van der Waals surface area (Å²) >= 11 is 3.42. The second-order valence-corrected chi connectivity index (χ2v) is 6.12. The van der Waals surface area contributed by atoms with Gasteiger partial charge in [0, 0.05) is 22.0 Å². The molecule has 0 aliphatic rings. The minimum atomic E-state index is 0.399. The van der Waals surface area contributed by atoms with E-state index in [0.29, 0.717) is 6.04 Å². The van der Waals surface area contributed by atoms with E-state index in [2.05, 4.69) is 46.9 Å². The van der Waals surface area contributed by atoms with Crippen LogP contribution in [0.1, 0.15) is 24.2 Å². The molecule has 2 aromatic rings. The van der Waals surface area contributed by atoms with Crippen molar-refractivity contribution in [1.82, 2.24) is 10.3 Å². The normalized spacial score (nSPS) is 12.6. The van der Waals surface area contributed by atoms with E-state index in [9.17, 15) is 0 Å². The summed E-state index contributed by atoms with van der Waals surface area (Å²) in [6, 6.07) is 9.06. The average Bonchev–Trinajstić information content (AvgIpc) is 2.75. The highest BCUT2D eigenvalue weighted by Gasteiger charge is 2.04. The highest BCUT2D eigenvalue weighted by Crippen LogP contribution is 2.30. The van der Waals surface area contributed by atoms with Crippen molar-refractivity contribution >= 4 is 23.1 Å². The molecular formula is C13H16N2S2. The first-order valence-electron chi connectivity index (χ1n) is 5.56.